The molecule has 0 heterocycles. The molecule has 156 valence electrons. The first-order valence-corrected chi connectivity index (χ1v) is 10.1. The van der Waals surface area contributed by atoms with Crippen LogP contribution < -0.4 is 0 Å². The van der Waals surface area contributed by atoms with Gasteiger partial charge in [0, 0.05) is 26.1 Å². The fourth-order valence-electron chi connectivity index (χ4n) is 2.14. The van der Waals surface area contributed by atoms with Crippen LogP contribution in [0.15, 0.2) is 0 Å². The van der Waals surface area contributed by atoms with Crippen LogP contribution in [0.2, 0.25) is 0 Å². The van der Waals surface area contributed by atoms with E-state index in [-0.39, 0.29) is 12.8 Å². The molecule has 0 rings (SSSR count). The first-order chi connectivity index (χ1) is 12.5. The molecule has 0 bridgehead atoms. The van der Waals surface area contributed by atoms with Crippen LogP contribution >= 0.6 is 0 Å². The van der Waals surface area contributed by atoms with E-state index in [4.69, 9.17) is 19.7 Å². The Morgan fingerprint density at radius 1 is 0.577 bits per heavy atom. The third-order valence-electron chi connectivity index (χ3n) is 3.69. The highest BCUT2D eigenvalue weighted by Gasteiger charge is 1.99. The molecule has 0 aromatic rings. The van der Waals surface area contributed by atoms with Crippen molar-refractivity contribution in [3.63, 3.8) is 0 Å². The highest BCUT2D eigenvalue weighted by molar-refractivity contribution is 5.67. The average molecular weight is 377 g/mol. The van der Waals surface area contributed by atoms with Crippen molar-refractivity contribution in [2.75, 3.05) is 26.4 Å². The zero-order chi connectivity index (χ0) is 19.9. The molecule has 0 spiro atoms. The topological polar surface area (TPSA) is 93.1 Å². The zero-order valence-electron chi connectivity index (χ0n) is 16.8. The second kappa shape index (κ2) is 23.9. The van der Waals surface area contributed by atoms with Gasteiger partial charge in [0.1, 0.15) is 0 Å². The molecule has 2 N–H and O–H groups in total. The van der Waals surface area contributed by atoms with E-state index in [0.717, 1.165) is 26.4 Å². The molecule has 0 aliphatic carbocycles. The number of hydrogen-bond donors (Lipinski definition) is 2. The number of carbonyl (C=O) groups is 2. The molecule has 0 saturated carbocycles. The van der Waals surface area contributed by atoms with Crippen molar-refractivity contribution in [3.8, 4) is 0 Å². The van der Waals surface area contributed by atoms with Crippen molar-refractivity contribution >= 4 is 11.9 Å². The maximum Gasteiger partial charge on any atom is 0.303 e. The van der Waals surface area contributed by atoms with Crippen molar-refractivity contribution in [1.82, 2.24) is 0 Å². The summed E-state index contributed by atoms with van der Waals surface area (Å²) in [6, 6.07) is 0. The van der Waals surface area contributed by atoms with Gasteiger partial charge in [-0.15, -0.1) is 0 Å². The van der Waals surface area contributed by atoms with Crippen LogP contribution in [0.3, 0.4) is 0 Å². The summed E-state index contributed by atoms with van der Waals surface area (Å²) in [5.74, 6) is -1.74. The molecule has 6 heteroatoms. The van der Waals surface area contributed by atoms with Gasteiger partial charge in [-0.3, -0.25) is 9.59 Å². The predicted molar refractivity (Wildman–Crippen MR) is 104 cm³/mol. The first-order valence-electron chi connectivity index (χ1n) is 10.1. The summed E-state index contributed by atoms with van der Waals surface area (Å²) < 4.78 is 11.0. The molecule has 0 aromatic carbocycles. The van der Waals surface area contributed by atoms with Crippen LogP contribution in [0, 0.1) is 0 Å². The normalized spacial score (nSPS) is 10.2. The molecule has 0 fully saturated rings. The Morgan fingerprint density at radius 2 is 0.962 bits per heavy atom. The minimum Gasteiger partial charge on any atom is -0.481 e. The number of rotatable bonds is 18. The van der Waals surface area contributed by atoms with Gasteiger partial charge in [-0.25, -0.2) is 0 Å². The van der Waals surface area contributed by atoms with Gasteiger partial charge in [0.25, 0.3) is 0 Å². The second-order valence-corrected chi connectivity index (χ2v) is 6.34. The molecule has 0 atom stereocenters. The maximum atomic E-state index is 9.90. The van der Waals surface area contributed by atoms with E-state index in [1.807, 2.05) is 0 Å². The average Bonchev–Trinajstić information content (AvgIpc) is 2.60. The molecule has 26 heavy (non-hydrogen) atoms. The molecular weight excluding hydrogens is 336 g/mol. The van der Waals surface area contributed by atoms with Crippen LogP contribution in [-0.4, -0.2) is 48.6 Å². The minimum absolute atomic E-state index is 0.0628. The van der Waals surface area contributed by atoms with Crippen molar-refractivity contribution in [1.29, 1.82) is 0 Å². The fourth-order valence-corrected chi connectivity index (χ4v) is 2.14. The van der Waals surface area contributed by atoms with Crippen LogP contribution in [0.1, 0.15) is 90.9 Å². The lowest BCUT2D eigenvalue weighted by Crippen LogP contribution is -2.06. The highest BCUT2D eigenvalue weighted by Crippen LogP contribution is 2.00. The van der Waals surface area contributed by atoms with Gasteiger partial charge < -0.3 is 19.7 Å². The molecule has 0 unspecified atom stereocenters. The molecule has 0 aliphatic rings. The minimum atomic E-state index is -0.870. The van der Waals surface area contributed by atoms with Crippen LogP contribution in [0.25, 0.3) is 0 Å². The maximum absolute atomic E-state index is 9.90. The van der Waals surface area contributed by atoms with Crippen molar-refractivity contribution in [2.24, 2.45) is 0 Å². The van der Waals surface area contributed by atoms with E-state index >= 15 is 0 Å². The Bertz CT molecular complexity index is 277. The van der Waals surface area contributed by atoms with Gasteiger partial charge in [-0.1, -0.05) is 52.4 Å². The van der Waals surface area contributed by atoms with Crippen LogP contribution in [-0.2, 0) is 19.1 Å². The smallest absolute Gasteiger partial charge is 0.303 e. The van der Waals surface area contributed by atoms with E-state index in [1.165, 1.54) is 51.4 Å². The van der Waals surface area contributed by atoms with Gasteiger partial charge >= 0.3 is 11.9 Å². The van der Waals surface area contributed by atoms with Crippen LogP contribution in [0.5, 0.6) is 0 Å². The fraction of sp³-hybridized carbons (Fsp3) is 0.900. The Morgan fingerprint density at radius 3 is 1.27 bits per heavy atom. The van der Waals surface area contributed by atoms with Gasteiger partial charge in [-0.2, -0.15) is 0 Å². The SMILES string of the molecule is CCCCCCOCCOCCCCCC.O=C(O)CCCCC(=O)O. The number of unbranched alkanes of at least 4 members (excludes halogenated alkanes) is 7. The largest absolute Gasteiger partial charge is 0.481 e. The number of hydrogen-bond acceptors (Lipinski definition) is 4. The number of ether oxygens (including phenoxy) is 2. The van der Waals surface area contributed by atoms with Crippen molar-refractivity contribution in [2.45, 2.75) is 90.9 Å². The third-order valence-corrected chi connectivity index (χ3v) is 3.69. The summed E-state index contributed by atoms with van der Waals surface area (Å²) in [6.07, 6.45) is 11.3. The lowest BCUT2D eigenvalue weighted by molar-refractivity contribution is -0.139. The Hall–Kier alpha value is -1.14. The van der Waals surface area contributed by atoms with E-state index in [9.17, 15) is 9.59 Å². The second-order valence-electron chi connectivity index (χ2n) is 6.34. The summed E-state index contributed by atoms with van der Waals surface area (Å²) in [5.41, 5.74) is 0. The summed E-state index contributed by atoms with van der Waals surface area (Å²) in [6.45, 7) is 7.79. The summed E-state index contributed by atoms with van der Waals surface area (Å²) in [5, 5.41) is 16.3. The van der Waals surface area contributed by atoms with E-state index in [1.54, 1.807) is 0 Å². The zero-order valence-corrected chi connectivity index (χ0v) is 16.8. The molecule has 0 aromatic heterocycles. The standard InChI is InChI=1S/C14H30O2.C6H10O4/c1-3-5-7-9-11-15-13-14-16-12-10-8-6-4-2;7-5(8)3-1-2-4-6(9)10/h3-14H2,1-2H3;1-4H2,(H,7,8)(H,9,10). The van der Waals surface area contributed by atoms with Gasteiger partial charge in [0.15, 0.2) is 0 Å². The van der Waals surface area contributed by atoms with Gasteiger partial charge in [0.05, 0.1) is 13.2 Å². The molecule has 0 amide bonds. The Labute approximate surface area is 159 Å². The van der Waals surface area contributed by atoms with Crippen LogP contribution in [0.4, 0.5) is 0 Å². The Kier molecular flexibility index (Phi) is 24.9. The van der Waals surface area contributed by atoms with Gasteiger partial charge in [-0.05, 0) is 25.7 Å². The predicted octanol–water partition coefficient (Wildman–Crippen LogP) is 4.90. The molecule has 0 radical (unpaired) electrons. The quantitative estimate of drug-likeness (QED) is 0.331. The summed E-state index contributed by atoms with van der Waals surface area (Å²) >= 11 is 0. The lowest BCUT2D eigenvalue weighted by atomic mass is 10.2. The van der Waals surface area contributed by atoms with E-state index in [2.05, 4.69) is 13.8 Å². The first kappa shape index (κ1) is 27.1. The third kappa shape index (κ3) is 30.7. The number of carboxylic acids is 2. The monoisotopic (exact) mass is 376 g/mol. The molecular formula is C20H40O6. The van der Waals surface area contributed by atoms with Crippen molar-refractivity contribution in [3.05, 3.63) is 0 Å². The Balaban J connectivity index is 0. The lowest BCUT2D eigenvalue weighted by Gasteiger charge is -2.05. The molecule has 0 saturated heterocycles. The number of carboxylic acid groups (broad SMARTS) is 2. The van der Waals surface area contributed by atoms with Crippen molar-refractivity contribution < 1.29 is 29.3 Å². The molecule has 6 nitrogen and oxygen atoms in total. The highest BCUT2D eigenvalue weighted by atomic mass is 16.5. The summed E-state index contributed by atoms with van der Waals surface area (Å²) in [7, 11) is 0. The number of aliphatic carboxylic acids is 2. The summed E-state index contributed by atoms with van der Waals surface area (Å²) in [4.78, 5) is 19.8. The van der Waals surface area contributed by atoms with Gasteiger partial charge in [0.2, 0.25) is 0 Å². The molecule has 0 aliphatic heterocycles. The van der Waals surface area contributed by atoms with E-state index < -0.39 is 11.9 Å². The van der Waals surface area contributed by atoms with E-state index in [0.29, 0.717) is 12.8 Å².